The minimum atomic E-state index is -1.47. The highest BCUT2D eigenvalue weighted by molar-refractivity contribution is 8.00. The highest BCUT2D eigenvalue weighted by atomic mass is 32.2. The number of pyridine rings is 1. The van der Waals surface area contributed by atoms with Crippen molar-refractivity contribution >= 4 is 52.4 Å². The van der Waals surface area contributed by atoms with Crippen LogP contribution in [0, 0.1) is 0 Å². The number of nitrogen functional groups attached to an aromatic ring is 1. The number of oxazole rings is 1. The molecule has 0 spiro atoms. The third-order valence-electron chi connectivity index (χ3n) is 5.55. The van der Waals surface area contributed by atoms with E-state index in [1.807, 2.05) is 4.57 Å². The van der Waals surface area contributed by atoms with Crippen molar-refractivity contribution in [3.8, 4) is 0 Å². The zero-order valence-corrected chi connectivity index (χ0v) is 19.0. The van der Waals surface area contributed by atoms with Crippen LogP contribution in [0.25, 0.3) is 11.1 Å². The third-order valence-corrected chi connectivity index (χ3v) is 6.89. The van der Waals surface area contributed by atoms with Gasteiger partial charge in [-0.3, -0.25) is 14.5 Å². The fraction of sp³-hybridized carbons (Fsp3) is 0.238. The van der Waals surface area contributed by atoms with Gasteiger partial charge >= 0.3 is 0 Å². The molecule has 1 fully saturated rings. The Morgan fingerprint density at radius 2 is 2.26 bits per heavy atom. The molecule has 1 saturated heterocycles. The van der Waals surface area contributed by atoms with Crippen molar-refractivity contribution in [2.75, 3.05) is 18.6 Å². The number of thioether (sulfide) groups is 1. The first-order valence-electron chi connectivity index (χ1n) is 10.3. The van der Waals surface area contributed by atoms with Crippen molar-refractivity contribution in [1.29, 1.82) is 0 Å². The average Bonchev–Trinajstić information content (AvgIpc) is 3.49. The highest BCUT2D eigenvalue weighted by Crippen LogP contribution is 2.40. The number of nitrogens with two attached hydrogens (primary N) is 1. The minimum Gasteiger partial charge on any atom is -0.543 e. The number of amides is 2. The Hall–Kier alpha value is -4.33. The molecule has 5 rings (SSSR count). The summed E-state index contributed by atoms with van der Waals surface area (Å²) in [7, 11) is 1.24. The number of aliphatic carboxylic acids is 1. The molecule has 2 amide bonds. The SMILES string of the molecule is CO/N=C(\C(=O)NC1C(=O)N2C(C(=O)[O-])=C(C[n+]3cccc4occc43)CS[C@H]12)c1coc(N)n1. The van der Waals surface area contributed by atoms with Gasteiger partial charge < -0.3 is 34.6 Å². The fourth-order valence-corrected chi connectivity index (χ4v) is 5.36. The lowest BCUT2D eigenvalue weighted by molar-refractivity contribution is -0.663. The van der Waals surface area contributed by atoms with Crippen molar-refractivity contribution < 1.29 is 37.7 Å². The molecule has 13 nitrogen and oxygen atoms in total. The average molecular weight is 498 g/mol. The smallest absolute Gasteiger partial charge is 0.292 e. The van der Waals surface area contributed by atoms with Crippen molar-refractivity contribution in [1.82, 2.24) is 15.2 Å². The van der Waals surface area contributed by atoms with Crippen molar-refractivity contribution in [3.63, 3.8) is 0 Å². The first-order chi connectivity index (χ1) is 16.9. The van der Waals surface area contributed by atoms with Gasteiger partial charge in [-0.2, -0.15) is 9.55 Å². The molecular formula is C21H18N6O7S. The number of fused-ring (bicyclic) bond motifs is 2. The van der Waals surface area contributed by atoms with E-state index in [-0.39, 0.29) is 29.7 Å². The Kier molecular flexibility index (Phi) is 5.64. The van der Waals surface area contributed by atoms with Crippen LogP contribution < -0.4 is 20.7 Å². The summed E-state index contributed by atoms with van der Waals surface area (Å²) in [6, 6.07) is 4.19. The molecule has 0 aliphatic carbocycles. The number of aromatic nitrogens is 2. The van der Waals surface area contributed by atoms with Crippen molar-refractivity contribution in [3.05, 3.63) is 53.9 Å². The number of furan rings is 1. The zero-order chi connectivity index (χ0) is 24.7. The molecule has 0 bridgehead atoms. The Morgan fingerprint density at radius 3 is 2.97 bits per heavy atom. The second-order valence-electron chi connectivity index (χ2n) is 7.60. The van der Waals surface area contributed by atoms with Crippen LogP contribution in [-0.4, -0.2) is 57.7 Å². The molecule has 3 N–H and O–H groups in total. The number of anilines is 1. The molecule has 2 atom stereocenters. The summed E-state index contributed by atoms with van der Waals surface area (Å²) in [6.07, 6.45) is 4.46. The summed E-state index contributed by atoms with van der Waals surface area (Å²) in [5.74, 6) is -2.51. The molecule has 180 valence electrons. The normalized spacial score (nSPS) is 20.0. The molecule has 1 unspecified atom stereocenters. The second kappa shape index (κ2) is 8.79. The first kappa shape index (κ1) is 22.5. The van der Waals surface area contributed by atoms with Gasteiger partial charge in [0.25, 0.3) is 23.3 Å². The maximum Gasteiger partial charge on any atom is 0.292 e. The largest absolute Gasteiger partial charge is 0.543 e. The molecule has 3 aromatic heterocycles. The predicted molar refractivity (Wildman–Crippen MR) is 118 cm³/mol. The quantitative estimate of drug-likeness (QED) is 0.173. The van der Waals surface area contributed by atoms with E-state index >= 15 is 0 Å². The number of nitrogens with zero attached hydrogens (tertiary/aromatic N) is 4. The van der Waals surface area contributed by atoms with Gasteiger partial charge in [0, 0.05) is 23.5 Å². The zero-order valence-electron chi connectivity index (χ0n) is 18.2. The van der Waals surface area contributed by atoms with E-state index in [9.17, 15) is 19.5 Å². The second-order valence-corrected chi connectivity index (χ2v) is 8.71. The van der Waals surface area contributed by atoms with Crippen molar-refractivity contribution in [2.45, 2.75) is 18.0 Å². The number of nitrogens with one attached hydrogen (secondary N) is 1. The van der Waals surface area contributed by atoms with E-state index in [2.05, 4.69) is 15.5 Å². The number of hydrogen-bond donors (Lipinski definition) is 2. The van der Waals surface area contributed by atoms with Gasteiger partial charge in [0.15, 0.2) is 24.0 Å². The lowest BCUT2D eigenvalue weighted by Crippen LogP contribution is -2.71. The van der Waals surface area contributed by atoms with E-state index in [0.717, 1.165) is 16.7 Å². The van der Waals surface area contributed by atoms with Crippen LogP contribution in [0.2, 0.25) is 0 Å². The van der Waals surface area contributed by atoms with Gasteiger partial charge in [-0.05, 0) is 6.07 Å². The lowest BCUT2D eigenvalue weighted by Gasteiger charge is -2.50. The maximum absolute atomic E-state index is 13.0. The van der Waals surface area contributed by atoms with Crippen LogP contribution in [0.1, 0.15) is 5.69 Å². The number of rotatable bonds is 7. The molecule has 35 heavy (non-hydrogen) atoms. The summed E-state index contributed by atoms with van der Waals surface area (Å²) >= 11 is 1.33. The monoisotopic (exact) mass is 498 g/mol. The van der Waals surface area contributed by atoms with E-state index in [4.69, 9.17) is 19.4 Å². The van der Waals surface area contributed by atoms with E-state index < -0.39 is 29.2 Å². The summed E-state index contributed by atoms with van der Waals surface area (Å²) in [4.78, 5) is 47.5. The number of β-lactam (4-membered cyclic amide) rings is 1. The van der Waals surface area contributed by atoms with Crippen LogP contribution in [0.4, 0.5) is 6.01 Å². The first-order valence-corrected chi connectivity index (χ1v) is 11.3. The van der Waals surface area contributed by atoms with Crippen LogP contribution in [0.3, 0.4) is 0 Å². The minimum absolute atomic E-state index is 0.0184. The topological polar surface area (TPSA) is 180 Å². The fourth-order valence-electron chi connectivity index (χ4n) is 4.03. The summed E-state index contributed by atoms with van der Waals surface area (Å²) in [5, 5.41) is 17.6. The lowest BCUT2D eigenvalue weighted by atomic mass is 10.0. The van der Waals surface area contributed by atoms with Crippen LogP contribution in [0.5, 0.6) is 0 Å². The summed E-state index contributed by atoms with van der Waals surface area (Å²) in [5.41, 5.74) is 6.95. The number of oxime groups is 1. The van der Waals surface area contributed by atoms with Crippen LogP contribution in [-0.2, 0) is 25.8 Å². The molecule has 3 aromatic rings. The van der Waals surface area contributed by atoms with Gasteiger partial charge in [0.05, 0.1) is 17.9 Å². The number of carboxylic acids is 1. The Labute approximate surface area is 201 Å². The standard InChI is InChI=1S/C21H18N6O7S/c1-32-25-14(11-8-34-21(22)23-11)17(28)24-15-18(29)27-16(20(30)31)10(9-35-19(15)27)7-26-5-2-3-13-12(26)4-6-33-13/h2-6,8,15,19H,7,9H2,1H3,(H3-,22,23,24,28,30,31)/b25-14-/t15?,19-/m1/s1. The highest BCUT2D eigenvalue weighted by Gasteiger charge is 2.53. The molecule has 14 heteroatoms. The number of carboxylic acid groups (broad SMARTS) is 1. The van der Waals surface area contributed by atoms with Crippen LogP contribution in [0.15, 0.2) is 62.2 Å². The maximum atomic E-state index is 13.0. The van der Waals surface area contributed by atoms with Crippen LogP contribution >= 0.6 is 11.8 Å². The van der Waals surface area contributed by atoms with Gasteiger partial charge in [-0.1, -0.05) is 5.16 Å². The third kappa shape index (κ3) is 3.86. The van der Waals surface area contributed by atoms with Gasteiger partial charge in [0.2, 0.25) is 0 Å². The van der Waals surface area contributed by atoms with Gasteiger partial charge in [-0.25, -0.2) is 0 Å². The van der Waals surface area contributed by atoms with Gasteiger partial charge in [0.1, 0.15) is 30.5 Å². The molecule has 0 saturated carbocycles. The molecule has 0 radical (unpaired) electrons. The Morgan fingerprint density at radius 1 is 1.43 bits per heavy atom. The summed E-state index contributed by atoms with van der Waals surface area (Å²) in [6.45, 7) is 0.221. The molecule has 0 aromatic carbocycles. The number of carbonyl (C=O) groups excluding carboxylic acids is 3. The number of hydrogen-bond acceptors (Lipinski definition) is 11. The number of carbonyl (C=O) groups is 3. The molecule has 2 aliphatic rings. The van der Waals surface area contributed by atoms with E-state index in [0.29, 0.717) is 16.9 Å². The van der Waals surface area contributed by atoms with Crippen molar-refractivity contribution in [2.24, 2.45) is 5.16 Å². The molecule has 5 heterocycles. The Bertz CT molecular complexity index is 1410. The van der Waals surface area contributed by atoms with E-state index in [1.54, 1.807) is 30.7 Å². The summed E-state index contributed by atoms with van der Waals surface area (Å²) < 4.78 is 12.1. The predicted octanol–water partition coefficient (Wildman–Crippen LogP) is -1.25. The Balaban J connectivity index is 1.38. The molecule has 2 aliphatic heterocycles. The van der Waals surface area contributed by atoms with Gasteiger partial charge in [-0.15, -0.1) is 11.8 Å². The van der Waals surface area contributed by atoms with E-state index in [1.165, 1.54) is 18.9 Å². The molecular weight excluding hydrogens is 480 g/mol.